The number of aromatic hydroxyl groups is 1. The Morgan fingerprint density at radius 2 is 1.91 bits per heavy atom. The second-order valence-corrected chi connectivity index (χ2v) is 9.57. The lowest BCUT2D eigenvalue weighted by atomic mass is 9.71. The zero-order valence-corrected chi connectivity index (χ0v) is 20.7. The van der Waals surface area contributed by atoms with Gasteiger partial charge in [0, 0.05) is 24.2 Å². The van der Waals surface area contributed by atoms with Crippen LogP contribution in [0.1, 0.15) is 53.5 Å². The Morgan fingerprint density at radius 3 is 2.59 bits per heavy atom. The number of phenolic OH excluding ortho intramolecular Hbond substituents is 1. The maximum absolute atomic E-state index is 12.2. The normalized spacial score (nSPS) is 19.3. The van der Waals surface area contributed by atoms with E-state index < -0.39 is 0 Å². The molecule has 1 aliphatic rings. The van der Waals surface area contributed by atoms with Crippen molar-refractivity contribution in [2.24, 2.45) is 5.41 Å². The summed E-state index contributed by atoms with van der Waals surface area (Å²) in [5.41, 5.74) is 5.54. The number of nitrogens with one attached hydrogen (secondary N) is 1. The Morgan fingerprint density at radius 1 is 1.18 bits per heavy atom. The molecule has 1 aromatic carbocycles. The van der Waals surface area contributed by atoms with Crippen LogP contribution < -0.4 is 5.32 Å². The Labute approximate surface area is 202 Å². The predicted molar refractivity (Wildman–Crippen MR) is 140 cm³/mol. The number of hydrogen-bond donors (Lipinski definition) is 2. The molecule has 0 radical (unpaired) electrons. The summed E-state index contributed by atoms with van der Waals surface area (Å²) in [7, 11) is 0. The van der Waals surface area contributed by atoms with E-state index in [2.05, 4.69) is 54.7 Å². The van der Waals surface area contributed by atoms with Gasteiger partial charge in [0.2, 0.25) is 5.91 Å². The molecule has 0 aliphatic heterocycles. The molecule has 2 N–H and O–H groups in total. The average molecular weight is 458 g/mol. The molecule has 1 heterocycles. The molecule has 0 fully saturated rings. The van der Waals surface area contributed by atoms with Gasteiger partial charge in [-0.2, -0.15) is 0 Å². The molecule has 5 heteroatoms. The monoisotopic (exact) mass is 457 g/mol. The molecular weight excluding hydrogens is 422 g/mol. The van der Waals surface area contributed by atoms with Crippen LogP contribution in [-0.4, -0.2) is 20.6 Å². The summed E-state index contributed by atoms with van der Waals surface area (Å²) in [6, 6.07) is 6.76. The molecule has 1 aliphatic carbocycles. The van der Waals surface area contributed by atoms with E-state index in [1.54, 1.807) is 18.2 Å². The van der Waals surface area contributed by atoms with Crippen molar-refractivity contribution in [2.45, 2.75) is 53.5 Å². The summed E-state index contributed by atoms with van der Waals surface area (Å²) < 4.78 is 2.21. The van der Waals surface area contributed by atoms with Gasteiger partial charge in [0.05, 0.1) is 12.4 Å². The summed E-state index contributed by atoms with van der Waals surface area (Å²) in [5.74, 6) is -0.0387. The minimum Gasteiger partial charge on any atom is -0.508 e. The van der Waals surface area contributed by atoms with E-state index in [1.165, 1.54) is 23.3 Å². The van der Waals surface area contributed by atoms with E-state index in [4.69, 9.17) is 0 Å². The number of nitrogens with zero attached hydrogens (tertiary/aromatic N) is 2. The fourth-order valence-corrected chi connectivity index (χ4v) is 4.35. The number of amides is 1. The largest absolute Gasteiger partial charge is 0.508 e. The number of aromatic nitrogens is 2. The van der Waals surface area contributed by atoms with E-state index in [1.807, 2.05) is 43.9 Å². The highest BCUT2D eigenvalue weighted by atomic mass is 16.3. The van der Waals surface area contributed by atoms with Crippen molar-refractivity contribution in [3.63, 3.8) is 0 Å². The number of benzene rings is 1. The maximum Gasteiger partial charge on any atom is 0.248 e. The molecule has 1 aromatic heterocycles. The third kappa shape index (κ3) is 6.70. The van der Waals surface area contributed by atoms with Gasteiger partial charge in [0.25, 0.3) is 0 Å². The molecule has 1 amide bonds. The van der Waals surface area contributed by atoms with E-state index in [0.717, 1.165) is 24.0 Å². The highest BCUT2D eigenvalue weighted by molar-refractivity contribution is 6.00. The van der Waals surface area contributed by atoms with Crippen LogP contribution in [0, 0.1) is 5.41 Å². The van der Waals surface area contributed by atoms with Crippen LogP contribution in [0.15, 0.2) is 102 Å². The van der Waals surface area contributed by atoms with Gasteiger partial charge in [-0.3, -0.25) is 4.79 Å². The molecule has 178 valence electrons. The smallest absolute Gasteiger partial charge is 0.248 e. The first kappa shape index (κ1) is 25.0. The fraction of sp³-hybridized carbons (Fsp3) is 0.310. The van der Waals surface area contributed by atoms with Gasteiger partial charge in [-0.15, -0.1) is 0 Å². The number of rotatable bonds is 7. The van der Waals surface area contributed by atoms with Gasteiger partial charge in [-0.1, -0.05) is 49.8 Å². The van der Waals surface area contributed by atoms with Crippen LogP contribution in [0.2, 0.25) is 0 Å². The second-order valence-electron chi connectivity index (χ2n) is 9.57. The van der Waals surface area contributed by atoms with Crippen molar-refractivity contribution in [1.82, 2.24) is 9.55 Å². The molecule has 5 nitrogen and oxygen atoms in total. The summed E-state index contributed by atoms with van der Waals surface area (Å²) in [6.07, 6.45) is 19.9. The zero-order chi connectivity index (χ0) is 24.7. The molecule has 0 bridgehead atoms. The molecule has 0 saturated heterocycles. The molecule has 3 rings (SSSR count). The van der Waals surface area contributed by atoms with E-state index in [9.17, 15) is 9.90 Å². The molecule has 0 spiro atoms. The first-order valence-electron chi connectivity index (χ1n) is 11.7. The van der Waals surface area contributed by atoms with Crippen LogP contribution in [0.5, 0.6) is 5.75 Å². The topological polar surface area (TPSA) is 67.2 Å². The fourth-order valence-electron chi connectivity index (χ4n) is 4.35. The van der Waals surface area contributed by atoms with Gasteiger partial charge >= 0.3 is 0 Å². The number of hydrogen-bond acceptors (Lipinski definition) is 3. The predicted octanol–water partition coefficient (Wildman–Crippen LogP) is 6.91. The van der Waals surface area contributed by atoms with Gasteiger partial charge < -0.3 is 15.0 Å². The van der Waals surface area contributed by atoms with E-state index >= 15 is 0 Å². The number of anilines is 1. The number of phenols is 1. The summed E-state index contributed by atoms with van der Waals surface area (Å²) >= 11 is 0. The van der Waals surface area contributed by atoms with Crippen LogP contribution in [0.3, 0.4) is 0 Å². The molecular formula is C29H35N3O2. The Bertz CT molecular complexity index is 1140. The van der Waals surface area contributed by atoms with Crippen LogP contribution in [0.4, 0.5) is 5.69 Å². The SMILES string of the molecule is CC(=CC=C/C(C)=C\C(=O)Nc1ccc(O)cc1)/C=C/C1=C(C)C(n2ccnc2)CCC1(C)C. The molecule has 34 heavy (non-hydrogen) atoms. The quantitative estimate of drug-likeness (QED) is 0.270. The van der Waals surface area contributed by atoms with Crippen molar-refractivity contribution in [1.29, 1.82) is 0 Å². The highest BCUT2D eigenvalue weighted by Gasteiger charge is 2.32. The van der Waals surface area contributed by atoms with Crippen molar-refractivity contribution in [2.75, 3.05) is 5.32 Å². The van der Waals surface area contributed by atoms with Crippen molar-refractivity contribution in [3.8, 4) is 5.75 Å². The lowest BCUT2D eigenvalue weighted by Crippen LogP contribution is -2.25. The van der Waals surface area contributed by atoms with Crippen LogP contribution >= 0.6 is 0 Å². The summed E-state index contributed by atoms with van der Waals surface area (Å²) in [6.45, 7) is 10.8. The third-order valence-corrected chi connectivity index (χ3v) is 6.31. The first-order chi connectivity index (χ1) is 16.2. The number of allylic oxidation sites excluding steroid dienone is 9. The van der Waals surface area contributed by atoms with Crippen molar-refractivity contribution >= 4 is 11.6 Å². The Balaban J connectivity index is 1.65. The standard InChI is InChI=1S/C29H35N3O2/c1-21(7-6-8-22(2)19-28(34)31-24-10-12-25(33)13-11-24)9-14-26-23(3)27(15-16-29(26,4)5)32-18-17-30-20-32/h6-14,17-20,27,33H,15-16H2,1-5H3,(H,31,34)/b8-6?,14-9+,21-7?,22-19-. The van der Waals surface area contributed by atoms with Gasteiger partial charge in [-0.25, -0.2) is 4.98 Å². The van der Waals surface area contributed by atoms with Crippen molar-refractivity contribution in [3.05, 3.63) is 102 Å². The summed E-state index contributed by atoms with van der Waals surface area (Å²) in [4.78, 5) is 16.4. The zero-order valence-electron chi connectivity index (χ0n) is 20.7. The molecule has 0 saturated carbocycles. The molecule has 2 aromatic rings. The number of imidazole rings is 1. The average Bonchev–Trinajstić information content (AvgIpc) is 3.29. The van der Waals surface area contributed by atoms with Gasteiger partial charge in [0.1, 0.15) is 5.75 Å². The minimum absolute atomic E-state index is 0.137. The third-order valence-electron chi connectivity index (χ3n) is 6.31. The Hall–Kier alpha value is -3.60. The summed E-state index contributed by atoms with van der Waals surface area (Å²) in [5, 5.41) is 12.1. The second kappa shape index (κ2) is 11.0. The minimum atomic E-state index is -0.206. The maximum atomic E-state index is 12.2. The highest BCUT2D eigenvalue weighted by Crippen LogP contribution is 2.45. The lowest BCUT2D eigenvalue weighted by molar-refractivity contribution is -0.111. The van der Waals surface area contributed by atoms with Crippen LogP contribution in [-0.2, 0) is 4.79 Å². The van der Waals surface area contributed by atoms with Gasteiger partial charge in [-0.05, 0) is 80.0 Å². The Kier molecular flexibility index (Phi) is 8.11. The molecule has 1 unspecified atom stereocenters. The van der Waals surface area contributed by atoms with E-state index in [-0.39, 0.29) is 17.1 Å². The molecule has 1 atom stereocenters. The first-order valence-corrected chi connectivity index (χ1v) is 11.7. The van der Waals surface area contributed by atoms with E-state index in [0.29, 0.717) is 11.7 Å². The lowest BCUT2D eigenvalue weighted by Gasteiger charge is -2.37. The van der Waals surface area contributed by atoms with Gasteiger partial charge in [0.15, 0.2) is 0 Å². The van der Waals surface area contributed by atoms with Crippen LogP contribution in [0.25, 0.3) is 0 Å². The van der Waals surface area contributed by atoms with Crippen molar-refractivity contribution < 1.29 is 9.90 Å². The number of carbonyl (C=O) groups excluding carboxylic acids is 1. The number of carbonyl (C=O) groups is 1.